The predicted molar refractivity (Wildman–Crippen MR) is 139 cm³/mol. The van der Waals surface area contributed by atoms with Crippen LogP contribution in [0.25, 0.3) is 0 Å². The summed E-state index contributed by atoms with van der Waals surface area (Å²) in [6, 6.07) is 6.42. The fourth-order valence-electron chi connectivity index (χ4n) is 8.52. The minimum absolute atomic E-state index is 0.161. The highest BCUT2D eigenvalue weighted by Gasteiger charge is 2.50. The van der Waals surface area contributed by atoms with E-state index in [2.05, 4.69) is 10.3 Å². The molecule has 0 saturated heterocycles. The molecule has 0 unspecified atom stereocenters. The minimum atomic E-state index is -1.00. The maximum Gasteiger partial charge on any atom is 0.335 e. The number of imidazole rings is 1. The molecule has 5 fully saturated rings. The molecule has 36 heavy (non-hydrogen) atoms. The lowest BCUT2D eigenvalue weighted by Gasteiger charge is -2.57. The molecule has 1 aromatic heterocycles. The van der Waals surface area contributed by atoms with Gasteiger partial charge in [0, 0.05) is 17.3 Å². The second kappa shape index (κ2) is 9.68. The summed E-state index contributed by atoms with van der Waals surface area (Å²) in [5.74, 6) is 3.00. The summed E-state index contributed by atoms with van der Waals surface area (Å²) in [5, 5.41) is 12.2. The normalized spacial score (nSPS) is 29.4. The number of carbonyl (C=O) groups is 2. The molecule has 6 nitrogen and oxygen atoms in total. The van der Waals surface area contributed by atoms with E-state index in [1.807, 2.05) is 0 Å². The third-order valence-corrected chi connectivity index (χ3v) is 9.67. The first kappa shape index (κ1) is 23.7. The average Bonchev–Trinajstić information content (AvgIpc) is 3.28. The fraction of sp³-hybridized carbons (Fsp3) is 0.633. The fourth-order valence-corrected chi connectivity index (χ4v) is 8.52. The first-order chi connectivity index (χ1) is 17.5. The van der Waals surface area contributed by atoms with Crippen LogP contribution < -0.4 is 5.32 Å². The number of aryl methyl sites for hydroxylation is 1. The Morgan fingerprint density at radius 3 is 2.39 bits per heavy atom. The molecule has 1 aromatic carbocycles. The summed E-state index contributed by atoms with van der Waals surface area (Å²) in [4.78, 5) is 33.2. The molecule has 4 bridgehead atoms. The Kier molecular flexibility index (Phi) is 6.38. The number of benzene rings is 1. The van der Waals surface area contributed by atoms with Gasteiger partial charge in [-0.2, -0.15) is 0 Å². The van der Waals surface area contributed by atoms with Gasteiger partial charge in [-0.1, -0.05) is 25.3 Å². The summed E-state index contributed by atoms with van der Waals surface area (Å²) < 4.78 is 0. The zero-order valence-electron chi connectivity index (χ0n) is 21.2. The van der Waals surface area contributed by atoms with Gasteiger partial charge in [0.1, 0.15) is 11.5 Å². The van der Waals surface area contributed by atoms with Crippen LogP contribution in [-0.4, -0.2) is 27.0 Å². The summed E-state index contributed by atoms with van der Waals surface area (Å²) >= 11 is 0. The number of aromatic amines is 1. The van der Waals surface area contributed by atoms with E-state index in [9.17, 15) is 14.7 Å². The average molecular weight is 490 g/mol. The zero-order chi connectivity index (χ0) is 24.7. The molecule has 0 radical (unpaired) electrons. The molecule has 192 valence electrons. The highest BCUT2D eigenvalue weighted by Crippen LogP contribution is 2.61. The van der Waals surface area contributed by atoms with E-state index in [-0.39, 0.29) is 11.5 Å². The van der Waals surface area contributed by atoms with Crippen molar-refractivity contribution in [3.63, 3.8) is 0 Å². The van der Waals surface area contributed by atoms with Gasteiger partial charge in [0.25, 0.3) is 5.91 Å². The number of anilines is 1. The summed E-state index contributed by atoms with van der Waals surface area (Å²) in [6.07, 6.45) is 17.8. The molecule has 1 heterocycles. The van der Waals surface area contributed by atoms with Crippen molar-refractivity contribution in [2.45, 2.75) is 95.8 Å². The molecule has 3 N–H and O–H groups in total. The van der Waals surface area contributed by atoms with E-state index in [1.165, 1.54) is 76.3 Å². The topological polar surface area (TPSA) is 95.1 Å². The summed E-state index contributed by atoms with van der Waals surface area (Å²) in [6.45, 7) is 0. The Labute approximate surface area is 213 Å². The number of carbonyl (C=O) groups excluding carboxylic acids is 1. The molecule has 5 aliphatic rings. The molecule has 0 atom stereocenters. The lowest BCUT2D eigenvalue weighted by atomic mass is 9.48. The SMILES string of the molecule is O=C(O)c1cccc(NC(=O)c2nc(C3CCCCC3)[nH]c2CCCC23CC4CC(CC(C4)C2)C3)c1. The maximum absolute atomic E-state index is 13.4. The van der Waals surface area contributed by atoms with Gasteiger partial charge in [-0.25, -0.2) is 9.78 Å². The molecule has 0 aliphatic heterocycles. The number of rotatable bonds is 8. The van der Waals surface area contributed by atoms with Crippen molar-refractivity contribution >= 4 is 17.6 Å². The number of carboxylic acid groups (broad SMARTS) is 1. The molecule has 1 amide bonds. The van der Waals surface area contributed by atoms with E-state index in [0.29, 0.717) is 22.7 Å². The van der Waals surface area contributed by atoms with Crippen molar-refractivity contribution in [1.82, 2.24) is 9.97 Å². The molecule has 6 heteroatoms. The second-order valence-electron chi connectivity index (χ2n) is 12.4. The Morgan fingerprint density at radius 2 is 1.72 bits per heavy atom. The van der Waals surface area contributed by atoms with Crippen LogP contribution in [0.4, 0.5) is 5.69 Å². The van der Waals surface area contributed by atoms with Crippen molar-refractivity contribution in [2.75, 3.05) is 5.32 Å². The van der Waals surface area contributed by atoms with Crippen LogP contribution in [0, 0.1) is 23.2 Å². The van der Waals surface area contributed by atoms with Crippen LogP contribution >= 0.6 is 0 Å². The van der Waals surface area contributed by atoms with Crippen molar-refractivity contribution in [3.8, 4) is 0 Å². The Hall–Kier alpha value is -2.63. The number of hydrogen-bond acceptors (Lipinski definition) is 3. The lowest BCUT2D eigenvalue weighted by molar-refractivity contribution is -0.0580. The van der Waals surface area contributed by atoms with Crippen LogP contribution in [-0.2, 0) is 6.42 Å². The maximum atomic E-state index is 13.4. The molecular formula is C30H39N3O3. The number of nitrogens with zero attached hydrogens (tertiary/aromatic N) is 1. The number of hydrogen-bond donors (Lipinski definition) is 3. The molecule has 5 saturated carbocycles. The Bertz CT molecular complexity index is 1090. The molecule has 0 spiro atoms. The van der Waals surface area contributed by atoms with E-state index in [0.717, 1.165) is 55.0 Å². The van der Waals surface area contributed by atoms with E-state index in [1.54, 1.807) is 12.1 Å². The number of H-pyrrole nitrogens is 1. The molecule has 2 aromatic rings. The minimum Gasteiger partial charge on any atom is -0.478 e. The van der Waals surface area contributed by atoms with Gasteiger partial charge in [0.15, 0.2) is 0 Å². The standard InChI is InChI=1S/C30H39N3O3/c34-28(31-24-9-4-8-23(15-24)29(35)36)26-25(32-27(33-26)22-6-2-1-3-7-22)10-5-11-30-16-19-12-20(17-30)14-21(13-19)18-30/h4,8-9,15,19-22H,1-3,5-7,10-14,16-18H2,(H,31,34)(H,32,33)(H,35,36). The number of carboxylic acids is 1. The molecular weight excluding hydrogens is 450 g/mol. The third kappa shape index (κ3) is 4.83. The van der Waals surface area contributed by atoms with Crippen LogP contribution in [0.5, 0.6) is 0 Å². The second-order valence-corrected chi connectivity index (χ2v) is 12.4. The van der Waals surface area contributed by atoms with Gasteiger partial charge >= 0.3 is 5.97 Å². The molecule has 5 aliphatic carbocycles. The van der Waals surface area contributed by atoms with Crippen molar-refractivity contribution in [1.29, 1.82) is 0 Å². The van der Waals surface area contributed by atoms with Crippen molar-refractivity contribution < 1.29 is 14.7 Å². The first-order valence-corrected chi connectivity index (χ1v) is 14.2. The van der Waals surface area contributed by atoms with Gasteiger partial charge < -0.3 is 15.4 Å². The third-order valence-electron chi connectivity index (χ3n) is 9.67. The van der Waals surface area contributed by atoms with E-state index < -0.39 is 5.97 Å². The van der Waals surface area contributed by atoms with Crippen LogP contribution in [0.15, 0.2) is 24.3 Å². The van der Waals surface area contributed by atoms with E-state index >= 15 is 0 Å². The highest BCUT2D eigenvalue weighted by atomic mass is 16.4. The number of aromatic carboxylic acids is 1. The summed E-state index contributed by atoms with van der Waals surface area (Å²) in [5.41, 5.74) is 2.63. The zero-order valence-corrected chi connectivity index (χ0v) is 21.2. The smallest absolute Gasteiger partial charge is 0.335 e. The van der Waals surface area contributed by atoms with Crippen molar-refractivity contribution in [3.05, 3.63) is 47.0 Å². The van der Waals surface area contributed by atoms with E-state index in [4.69, 9.17) is 4.98 Å². The van der Waals surface area contributed by atoms with Gasteiger partial charge in [-0.15, -0.1) is 0 Å². The van der Waals surface area contributed by atoms with Crippen molar-refractivity contribution in [2.24, 2.45) is 23.2 Å². The predicted octanol–water partition coefficient (Wildman–Crippen LogP) is 6.95. The lowest BCUT2D eigenvalue weighted by Crippen LogP contribution is -2.45. The van der Waals surface area contributed by atoms with Gasteiger partial charge in [0.2, 0.25) is 0 Å². The Morgan fingerprint density at radius 1 is 1.03 bits per heavy atom. The van der Waals surface area contributed by atoms with Crippen LogP contribution in [0.3, 0.4) is 0 Å². The first-order valence-electron chi connectivity index (χ1n) is 14.2. The van der Waals surface area contributed by atoms with Gasteiger partial charge in [-0.3, -0.25) is 4.79 Å². The quantitative estimate of drug-likeness (QED) is 0.374. The van der Waals surface area contributed by atoms with Gasteiger partial charge in [-0.05, 0) is 112 Å². The van der Waals surface area contributed by atoms with Crippen LogP contribution in [0.2, 0.25) is 0 Å². The Balaban J connectivity index is 1.18. The van der Waals surface area contributed by atoms with Crippen LogP contribution in [0.1, 0.15) is 122 Å². The monoisotopic (exact) mass is 489 g/mol. The van der Waals surface area contributed by atoms with Gasteiger partial charge in [0.05, 0.1) is 5.56 Å². The number of amides is 1. The summed E-state index contributed by atoms with van der Waals surface area (Å²) in [7, 11) is 0. The number of nitrogens with one attached hydrogen (secondary N) is 2. The molecule has 7 rings (SSSR count). The highest BCUT2D eigenvalue weighted by molar-refractivity contribution is 6.04. The largest absolute Gasteiger partial charge is 0.478 e. The number of aromatic nitrogens is 2.